The van der Waals surface area contributed by atoms with Gasteiger partial charge in [0.25, 0.3) is 5.91 Å². The Kier molecular flexibility index (Phi) is 4.31. The minimum Gasteiger partial charge on any atom is -0.508 e. The molecule has 4 rings (SSSR count). The molecule has 0 saturated heterocycles. The summed E-state index contributed by atoms with van der Waals surface area (Å²) >= 11 is 0. The number of nitrogens with zero attached hydrogens (tertiary/aromatic N) is 3. The second-order valence-corrected chi connectivity index (χ2v) is 7.47. The molecule has 136 valence electrons. The van der Waals surface area contributed by atoms with Crippen molar-refractivity contribution in [2.75, 3.05) is 13.1 Å². The molecule has 1 aromatic heterocycles. The van der Waals surface area contributed by atoms with Gasteiger partial charge in [-0.3, -0.25) is 9.48 Å². The van der Waals surface area contributed by atoms with Gasteiger partial charge in [-0.2, -0.15) is 5.10 Å². The van der Waals surface area contributed by atoms with Gasteiger partial charge in [0.1, 0.15) is 5.75 Å². The normalized spacial score (nSPS) is 18.5. The Labute approximate surface area is 153 Å². The summed E-state index contributed by atoms with van der Waals surface area (Å²) in [6.07, 6.45) is 5.44. The third kappa shape index (κ3) is 3.26. The van der Waals surface area contributed by atoms with Crippen LogP contribution in [-0.2, 0) is 0 Å². The van der Waals surface area contributed by atoms with Gasteiger partial charge < -0.3 is 10.0 Å². The highest BCUT2D eigenvalue weighted by atomic mass is 16.3. The van der Waals surface area contributed by atoms with Crippen LogP contribution in [0.25, 0.3) is 5.57 Å². The number of aromatic nitrogens is 2. The van der Waals surface area contributed by atoms with Gasteiger partial charge >= 0.3 is 0 Å². The number of benzene rings is 1. The maximum atomic E-state index is 12.8. The monoisotopic (exact) mass is 351 g/mol. The van der Waals surface area contributed by atoms with Crippen molar-refractivity contribution >= 4 is 11.5 Å². The summed E-state index contributed by atoms with van der Waals surface area (Å²) in [6, 6.07) is 9.53. The first-order valence-corrected chi connectivity index (χ1v) is 9.37. The van der Waals surface area contributed by atoms with Crippen LogP contribution in [0.15, 0.2) is 36.4 Å². The Morgan fingerprint density at radius 2 is 2.00 bits per heavy atom. The van der Waals surface area contributed by atoms with Crippen molar-refractivity contribution in [3.63, 3.8) is 0 Å². The zero-order chi connectivity index (χ0) is 18.3. The van der Waals surface area contributed by atoms with Gasteiger partial charge in [0.2, 0.25) is 0 Å². The maximum Gasteiger partial charge on any atom is 0.274 e. The maximum absolute atomic E-state index is 12.8. The fraction of sp³-hybridized carbons (Fsp3) is 0.429. The zero-order valence-corrected chi connectivity index (χ0v) is 15.4. The van der Waals surface area contributed by atoms with Gasteiger partial charge in [-0.15, -0.1) is 0 Å². The Bertz CT molecular complexity index is 847. The minimum absolute atomic E-state index is 0.0100. The number of phenols is 1. The minimum atomic E-state index is 0.0100. The predicted molar refractivity (Wildman–Crippen MR) is 101 cm³/mol. The molecule has 5 heteroatoms. The lowest BCUT2D eigenvalue weighted by molar-refractivity contribution is 0.0765. The molecule has 1 amide bonds. The number of aromatic hydroxyl groups is 1. The molecular formula is C21H25N3O2. The van der Waals surface area contributed by atoms with E-state index in [2.05, 4.69) is 18.1 Å². The average molecular weight is 351 g/mol. The van der Waals surface area contributed by atoms with E-state index in [1.807, 2.05) is 34.7 Å². The summed E-state index contributed by atoms with van der Waals surface area (Å²) < 4.78 is 2.02. The molecule has 2 aromatic rings. The summed E-state index contributed by atoms with van der Waals surface area (Å²) in [5.41, 5.74) is 3.94. The third-order valence-electron chi connectivity index (χ3n) is 5.57. The largest absolute Gasteiger partial charge is 0.508 e. The van der Waals surface area contributed by atoms with E-state index in [4.69, 9.17) is 0 Å². The zero-order valence-electron chi connectivity index (χ0n) is 15.4. The number of rotatable bonds is 4. The van der Waals surface area contributed by atoms with Crippen molar-refractivity contribution in [1.29, 1.82) is 0 Å². The third-order valence-corrected chi connectivity index (χ3v) is 5.57. The molecule has 1 aliphatic heterocycles. The van der Waals surface area contributed by atoms with Crippen LogP contribution < -0.4 is 0 Å². The van der Waals surface area contributed by atoms with Gasteiger partial charge in [-0.05, 0) is 68.4 Å². The molecule has 2 aliphatic rings. The lowest BCUT2D eigenvalue weighted by Gasteiger charge is -2.26. The van der Waals surface area contributed by atoms with Crippen LogP contribution in [0.5, 0.6) is 5.75 Å². The van der Waals surface area contributed by atoms with Crippen molar-refractivity contribution in [2.45, 2.75) is 39.2 Å². The topological polar surface area (TPSA) is 58.4 Å². The van der Waals surface area contributed by atoms with Gasteiger partial charge in [0.15, 0.2) is 5.69 Å². The summed E-state index contributed by atoms with van der Waals surface area (Å²) in [5, 5.41) is 14.0. The molecule has 0 bridgehead atoms. The first kappa shape index (κ1) is 16.9. The molecular weight excluding hydrogens is 326 g/mol. The number of phenolic OH excluding ortho intramolecular Hbond substituents is 1. The van der Waals surface area contributed by atoms with E-state index in [1.54, 1.807) is 12.1 Å². The Balaban J connectivity index is 1.46. The van der Waals surface area contributed by atoms with E-state index in [9.17, 15) is 9.90 Å². The fourth-order valence-electron chi connectivity index (χ4n) is 3.74. The molecule has 1 aliphatic carbocycles. The number of amides is 1. The van der Waals surface area contributed by atoms with Crippen molar-refractivity contribution < 1.29 is 9.90 Å². The second kappa shape index (κ2) is 6.63. The number of hydrogen-bond acceptors (Lipinski definition) is 3. The van der Waals surface area contributed by atoms with Crippen LogP contribution in [0.3, 0.4) is 0 Å². The fourth-order valence-corrected chi connectivity index (χ4v) is 3.74. The summed E-state index contributed by atoms with van der Waals surface area (Å²) in [7, 11) is 0. The highest BCUT2D eigenvalue weighted by Gasteiger charge is 2.31. The Morgan fingerprint density at radius 1 is 1.27 bits per heavy atom. The molecule has 1 fully saturated rings. The summed E-state index contributed by atoms with van der Waals surface area (Å²) in [5.74, 6) is 0.992. The number of hydrogen-bond donors (Lipinski definition) is 1. The first-order valence-electron chi connectivity index (χ1n) is 9.37. The quantitative estimate of drug-likeness (QED) is 0.911. The molecule has 0 radical (unpaired) electrons. The summed E-state index contributed by atoms with van der Waals surface area (Å²) in [4.78, 5) is 14.7. The highest BCUT2D eigenvalue weighted by molar-refractivity contribution is 5.93. The van der Waals surface area contributed by atoms with Crippen LogP contribution in [-0.4, -0.2) is 38.8 Å². The first-order chi connectivity index (χ1) is 12.5. The molecule has 5 nitrogen and oxygen atoms in total. The standard InChI is InChI=1S/C21H25N3O2/c1-14-13-20(22-24(14)15(2)16-3-4-16)21(26)23-11-9-18(10-12-23)17-5-7-19(25)8-6-17/h5-9,13,15-16,25H,3-4,10-12H2,1-2H3. The predicted octanol–water partition coefficient (Wildman–Crippen LogP) is 3.80. The van der Waals surface area contributed by atoms with E-state index in [0.29, 0.717) is 30.7 Å². The number of aryl methyl sites for hydroxylation is 1. The van der Waals surface area contributed by atoms with Crippen LogP contribution in [0, 0.1) is 12.8 Å². The lowest BCUT2D eigenvalue weighted by Crippen LogP contribution is -2.35. The SMILES string of the molecule is Cc1cc(C(=O)N2CC=C(c3ccc(O)cc3)CC2)nn1C(C)C1CC1. The molecule has 1 unspecified atom stereocenters. The Morgan fingerprint density at radius 3 is 2.62 bits per heavy atom. The van der Waals surface area contributed by atoms with Crippen molar-refractivity contribution in [2.24, 2.45) is 5.92 Å². The van der Waals surface area contributed by atoms with Crippen molar-refractivity contribution in [3.8, 4) is 5.75 Å². The second-order valence-electron chi connectivity index (χ2n) is 7.47. The number of carbonyl (C=O) groups excluding carboxylic acids is 1. The number of carbonyl (C=O) groups is 1. The summed E-state index contributed by atoms with van der Waals surface area (Å²) in [6.45, 7) is 5.51. The van der Waals surface area contributed by atoms with E-state index < -0.39 is 0 Å². The van der Waals surface area contributed by atoms with Crippen LogP contribution in [0.4, 0.5) is 0 Å². The van der Waals surface area contributed by atoms with E-state index in [1.165, 1.54) is 18.4 Å². The van der Waals surface area contributed by atoms with Gasteiger partial charge in [0, 0.05) is 18.8 Å². The Hall–Kier alpha value is -2.56. The highest BCUT2D eigenvalue weighted by Crippen LogP contribution is 2.39. The molecule has 26 heavy (non-hydrogen) atoms. The molecule has 0 spiro atoms. The van der Waals surface area contributed by atoms with Crippen molar-refractivity contribution in [3.05, 3.63) is 53.4 Å². The van der Waals surface area contributed by atoms with Gasteiger partial charge in [-0.1, -0.05) is 18.2 Å². The molecule has 1 aromatic carbocycles. The smallest absolute Gasteiger partial charge is 0.274 e. The van der Waals surface area contributed by atoms with Gasteiger partial charge in [0.05, 0.1) is 6.04 Å². The average Bonchev–Trinajstić information content (AvgIpc) is 3.43. The van der Waals surface area contributed by atoms with E-state index in [0.717, 1.165) is 17.7 Å². The van der Waals surface area contributed by atoms with Crippen LogP contribution in [0.2, 0.25) is 0 Å². The van der Waals surface area contributed by atoms with E-state index >= 15 is 0 Å². The van der Waals surface area contributed by atoms with Crippen LogP contribution >= 0.6 is 0 Å². The molecule has 1 N–H and O–H groups in total. The van der Waals surface area contributed by atoms with Crippen LogP contribution in [0.1, 0.15) is 54.0 Å². The molecule has 1 atom stereocenters. The van der Waals surface area contributed by atoms with Gasteiger partial charge in [-0.25, -0.2) is 0 Å². The van der Waals surface area contributed by atoms with E-state index in [-0.39, 0.29) is 11.7 Å². The van der Waals surface area contributed by atoms with Crippen molar-refractivity contribution in [1.82, 2.24) is 14.7 Å². The lowest BCUT2D eigenvalue weighted by atomic mass is 9.99. The molecule has 1 saturated carbocycles. The molecule has 2 heterocycles.